The van der Waals surface area contributed by atoms with Crippen LogP contribution in [0.1, 0.15) is 21.6 Å². The summed E-state index contributed by atoms with van der Waals surface area (Å²) < 4.78 is 54.3. The molecule has 0 saturated carbocycles. The first-order chi connectivity index (χ1) is 14.7. The summed E-state index contributed by atoms with van der Waals surface area (Å²) in [5, 5.41) is 2.66. The third kappa shape index (κ3) is 4.48. The molecule has 0 unspecified atom stereocenters. The van der Waals surface area contributed by atoms with Gasteiger partial charge < -0.3 is 9.88 Å². The Kier molecular flexibility index (Phi) is 5.32. The number of hydrogen-bond acceptors (Lipinski definition) is 4. The minimum absolute atomic E-state index is 0.0119. The molecule has 0 aliphatic rings. The van der Waals surface area contributed by atoms with E-state index < -0.39 is 23.5 Å². The first-order valence-electron chi connectivity index (χ1n) is 8.80. The number of hydrogen-bond donors (Lipinski definition) is 1. The average Bonchev–Trinajstić information content (AvgIpc) is 3.07. The summed E-state index contributed by atoms with van der Waals surface area (Å²) >= 11 is 5.63. The number of halogens is 5. The SMILES string of the molecule is O=C(Nc1cnc(Cl)nc1)c1cc2cc(C(F)(F)F)cnc2n1Cc1cccc(F)c1. The fourth-order valence-electron chi connectivity index (χ4n) is 3.04. The van der Waals surface area contributed by atoms with Crippen molar-refractivity contribution in [1.29, 1.82) is 0 Å². The number of carbonyl (C=O) groups is 1. The predicted octanol–water partition coefficient (Wildman–Crippen LogP) is 4.94. The van der Waals surface area contributed by atoms with E-state index in [2.05, 4.69) is 20.3 Å². The van der Waals surface area contributed by atoms with E-state index in [0.29, 0.717) is 11.8 Å². The standard InChI is InChI=1S/C20H12ClF4N5O/c21-19-27-8-15(9-28-19)29-18(31)16-6-12-5-13(20(23,24)25)7-26-17(12)30(16)10-11-2-1-3-14(22)4-11/h1-9H,10H2,(H,29,31). The number of anilines is 1. The maximum atomic E-state index is 13.6. The molecular weight excluding hydrogens is 438 g/mol. The Labute approximate surface area is 177 Å². The second-order valence-corrected chi connectivity index (χ2v) is 6.91. The van der Waals surface area contributed by atoms with Crippen LogP contribution in [-0.2, 0) is 12.7 Å². The molecule has 4 aromatic rings. The van der Waals surface area contributed by atoms with E-state index >= 15 is 0 Å². The van der Waals surface area contributed by atoms with Crippen LogP contribution >= 0.6 is 11.6 Å². The van der Waals surface area contributed by atoms with Gasteiger partial charge in [-0.1, -0.05) is 12.1 Å². The number of pyridine rings is 1. The number of benzene rings is 1. The molecule has 4 rings (SSSR count). The van der Waals surface area contributed by atoms with Gasteiger partial charge in [0.2, 0.25) is 5.28 Å². The highest BCUT2D eigenvalue weighted by Gasteiger charge is 2.32. The van der Waals surface area contributed by atoms with Gasteiger partial charge in [-0.2, -0.15) is 13.2 Å². The Balaban J connectivity index is 1.79. The topological polar surface area (TPSA) is 72.7 Å². The zero-order valence-electron chi connectivity index (χ0n) is 15.5. The Hall–Kier alpha value is -3.53. The van der Waals surface area contributed by atoms with E-state index in [1.54, 1.807) is 6.07 Å². The number of alkyl halides is 3. The number of nitrogens with one attached hydrogen (secondary N) is 1. The first kappa shape index (κ1) is 20.7. The maximum absolute atomic E-state index is 13.6. The molecule has 0 aliphatic heterocycles. The lowest BCUT2D eigenvalue weighted by Gasteiger charge is -2.11. The normalized spacial score (nSPS) is 11.6. The molecule has 158 valence electrons. The molecule has 0 radical (unpaired) electrons. The molecule has 0 aliphatic carbocycles. The van der Waals surface area contributed by atoms with Crippen LogP contribution in [0.15, 0.2) is 55.0 Å². The van der Waals surface area contributed by atoms with Crippen LogP contribution in [0.3, 0.4) is 0 Å². The Morgan fingerprint density at radius 3 is 2.48 bits per heavy atom. The van der Waals surface area contributed by atoms with Crippen molar-refractivity contribution < 1.29 is 22.4 Å². The van der Waals surface area contributed by atoms with Gasteiger partial charge in [0.15, 0.2) is 0 Å². The van der Waals surface area contributed by atoms with Gasteiger partial charge in [0.25, 0.3) is 5.91 Å². The molecule has 0 saturated heterocycles. The predicted molar refractivity (Wildman–Crippen MR) is 105 cm³/mol. The smallest absolute Gasteiger partial charge is 0.318 e. The molecule has 0 spiro atoms. The van der Waals surface area contributed by atoms with E-state index in [-0.39, 0.29) is 34.2 Å². The summed E-state index contributed by atoms with van der Waals surface area (Å²) in [6.45, 7) is 0.0134. The highest BCUT2D eigenvalue weighted by atomic mass is 35.5. The summed E-state index contributed by atoms with van der Waals surface area (Å²) in [6.07, 6.45) is -1.33. The van der Waals surface area contributed by atoms with Crippen LogP contribution in [-0.4, -0.2) is 25.4 Å². The molecule has 1 aromatic carbocycles. The molecule has 3 aromatic heterocycles. The minimum atomic E-state index is -4.59. The number of nitrogens with zero attached hydrogens (tertiary/aromatic N) is 4. The third-order valence-corrected chi connectivity index (χ3v) is 4.60. The van der Waals surface area contributed by atoms with Crippen molar-refractivity contribution in [1.82, 2.24) is 19.5 Å². The van der Waals surface area contributed by atoms with E-state index in [9.17, 15) is 22.4 Å². The van der Waals surface area contributed by atoms with Gasteiger partial charge in [-0.05, 0) is 41.4 Å². The monoisotopic (exact) mass is 449 g/mol. The molecule has 11 heteroatoms. The Morgan fingerprint density at radius 1 is 1.06 bits per heavy atom. The van der Waals surface area contributed by atoms with E-state index in [1.165, 1.54) is 41.2 Å². The van der Waals surface area contributed by atoms with Crippen LogP contribution in [0.5, 0.6) is 0 Å². The molecule has 1 amide bonds. The van der Waals surface area contributed by atoms with Gasteiger partial charge in [-0.3, -0.25) is 4.79 Å². The second kappa shape index (κ2) is 7.95. The van der Waals surface area contributed by atoms with Gasteiger partial charge in [0, 0.05) is 18.1 Å². The fraction of sp³-hybridized carbons (Fsp3) is 0.100. The summed E-state index contributed by atoms with van der Waals surface area (Å²) in [4.78, 5) is 24.3. The van der Waals surface area contributed by atoms with Gasteiger partial charge in [-0.25, -0.2) is 19.3 Å². The average molecular weight is 450 g/mol. The Bertz CT molecular complexity index is 1270. The lowest BCUT2D eigenvalue weighted by Crippen LogP contribution is -2.18. The molecule has 31 heavy (non-hydrogen) atoms. The maximum Gasteiger partial charge on any atom is 0.417 e. The van der Waals surface area contributed by atoms with Gasteiger partial charge in [-0.15, -0.1) is 0 Å². The number of amides is 1. The largest absolute Gasteiger partial charge is 0.417 e. The zero-order chi connectivity index (χ0) is 22.2. The second-order valence-electron chi connectivity index (χ2n) is 6.58. The molecule has 0 fully saturated rings. The van der Waals surface area contributed by atoms with Crippen LogP contribution < -0.4 is 5.32 Å². The summed E-state index contributed by atoms with van der Waals surface area (Å²) in [6, 6.07) is 7.86. The van der Waals surface area contributed by atoms with Gasteiger partial charge >= 0.3 is 6.18 Å². The van der Waals surface area contributed by atoms with Crippen molar-refractivity contribution >= 4 is 34.2 Å². The van der Waals surface area contributed by atoms with Gasteiger partial charge in [0.05, 0.1) is 23.6 Å². The van der Waals surface area contributed by atoms with E-state index in [4.69, 9.17) is 11.6 Å². The van der Waals surface area contributed by atoms with Crippen LogP contribution in [0.25, 0.3) is 11.0 Å². The lowest BCUT2D eigenvalue weighted by atomic mass is 10.2. The van der Waals surface area contributed by atoms with Crippen molar-refractivity contribution in [2.45, 2.75) is 12.7 Å². The lowest BCUT2D eigenvalue weighted by molar-refractivity contribution is -0.137. The van der Waals surface area contributed by atoms with Crippen LogP contribution in [0.2, 0.25) is 5.28 Å². The molecule has 0 bridgehead atoms. The van der Waals surface area contributed by atoms with Crippen LogP contribution in [0, 0.1) is 5.82 Å². The molecule has 0 atom stereocenters. The van der Waals surface area contributed by atoms with E-state index in [1.807, 2.05) is 0 Å². The Morgan fingerprint density at radius 2 is 1.81 bits per heavy atom. The minimum Gasteiger partial charge on any atom is -0.318 e. The fourth-order valence-corrected chi connectivity index (χ4v) is 3.14. The zero-order valence-corrected chi connectivity index (χ0v) is 16.2. The van der Waals surface area contributed by atoms with Crippen LogP contribution in [0.4, 0.5) is 23.2 Å². The molecule has 3 heterocycles. The van der Waals surface area contributed by atoms with Crippen molar-refractivity contribution in [2.75, 3.05) is 5.32 Å². The highest BCUT2D eigenvalue weighted by molar-refractivity contribution is 6.28. The van der Waals surface area contributed by atoms with Crippen molar-refractivity contribution in [3.8, 4) is 0 Å². The quantitative estimate of drug-likeness (QED) is 0.354. The van der Waals surface area contributed by atoms with Crippen molar-refractivity contribution in [2.24, 2.45) is 0 Å². The highest BCUT2D eigenvalue weighted by Crippen LogP contribution is 2.31. The van der Waals surface area contributed by atoms with E-state index in [0.717, 1.165) is 6.07 Å². The van der Waals surface area contributed by atoms with Crippen molar-refractivity contribution in [3.63, 3.8) is 0 Å². The molecular formula is C20H12ClF4N5O. The third-order valence-electron chi connectivity index (χ3n) is 4.40. The number of rotatable bonds is 4. The number of fused-ring (bicyclic) bond motifs is 1. The number of carbonyl (C=O) groups excluding carboxylic acids is 1. The van der Waals surface area contributed by atoms with Gasteiger partial charge in [0.1, 0.15) is 17.2 Å². The summed E-state index contributed by atoms with van der Waals surface area (Å²) in [5.74, 6) is -1.11. The summed E-state index contributed by atoms with van der Waals surface area (Å²) in [7, 11) is 0. The first-order valence-corrected chi connectivity index (χ1v) is 9.18. The molecule has 6 nitrogen and oxygen atoms in total. The molecule has 1 N–H and O–H groups in total. The summed E-state index contributed by atoms with van der Waals surface area (Å²) in [5.41, 5.74) is -0.0271. The van der Waals surface area contributed by atoms with Crippen molar-refractivity contribution in [3.05, 3.63) is 82.9 Å². The number of aromatic nitrogens is 4.